The van der Waals surface area contributed by atoms with Crippen LogP contribution in [0.3, 0.4) is 0 Å². The van der Waals surface area contributed by atoms with Gasteiger partial charge in [-0.3, -0.25) is 0 Å². The maximum atomic E-state index is 12.9. The molecule has 42 heavy (non-hydrogen) atoms. The lowest BCUT2D eigenvalue weighted by Crippen LogP contribution is -2.62. The highest BCUT2D eigenvalue weighted by Crippen LogP contribution is 2.69. The summed E-state index contributed by atoms with van der Waals surface area (Å²) in [7, 11) is -1.69. The third-order valence-corrected chi connectivity index (χ3v) is 13.8. The van der Waals surface area contributed by atoms with Crippen molar-refractivity contribution in [3.8, 4) is 0 Å². The number of hydrogen-bond acceptors (Lipinski definition) is 5. The molecule has 0 spiro atoms. The average molecular weight is 596 g/mol. The second-order valence-electron chi connectivity index (χ2n) is 14.6. The lowest BCUT2D eigenvalue weighted by atomic mass is 9.41. The van der Waals surface area contributed by atoms with E-state index in [1.807, 2.05) is 36.4 Å². The molecule has 7 heteroatoms. The highest BCUT2D eigenvalue weighted by atomic mass is 32.2. The van der Waals surface area contributed by atoms with Crippen LogP contribution in [0.2, 0.25) is 0 Å². The van der Waals surface area contributed by atoms with E-state index in [1.54, 1.807) is 6.07 Å². The zero-order valence-corrected chi connectivity index (χ0v) is 26.4. The molecule has 6 rings (SSSR count). The van der Waals surface area contributed by atoms with Crippen molar-refractivity contribution < 1.29 is 24.0 Å². The van der Waals surface area contributed by atoms with E-state index in [4.69, 9.17) is 4.74 Å². The molecule has 1 amide bonds. The van der Waals surface area contributed by atoms with Gasteiger partial charge in [0.25, 0.3) is 0 Å². The molecule has 4 saturated carbocycles. The molecule has 2 aromatic rings. The average Bonchev–Trinajstić information content (AvgIpc) is 3.34. The molecule has 0 saturated heterocycles. The molecule has 12 atom stereocenters. The Bertz CT molecular complexity index is 1330. The number of amides is 1. The number of hydrogen-bond donors (Lipinski definition) is 3. The van der Waals surface area contributed by atoms with Crippen LogP contribution in [0.15, 0.2) is 47.4 Å². The second-order valence-corrected chi connectivity index (χ2v) is 15.8. The van der Waals surface area contributed by atoms with Gasteiger partial charge < -0.3 is 14.9 Å². The summed E-state index contributed by atoms with van der Waals surface area (Å²) in [6.45, 7) is 9.60. The summed E-state index contributed by atoms with van der Waals surface area (Å²) in [4.78, 5) is 13.2. The monoisotopic (exact) mass is 595 g/mol. The summed E-state index contributed by atoms with van der Waals surface area (Å²) in [5.74, 6) is 2.51. The number of aliphatic hydroxyl groups excluding tert-OH is 2. The Morgan fingerprint density at radius 3 is 2.48 bits per heavy atom. The highest BCUT2D eigenvalue weighted by molar-refractivity contribution is 7.83. The maximum Gasteiger partial charge on any atom is 0.419 e. The normalized spacial score (nSPS) is 40.8. The van der Waals surface area contributed by atoms with Crippen molar-refractivity contribution in [3.05, 3.63) is 42.5 Å². The van der Waals surface area contributed by atoms with Crippen molar-refractivity contribution in [2.24, 2.45) is 52.3 Å². The summed E-state index contributed by atoms with van der Waals surface area (Å²) < 4.78 is 21.0. The van der Waals surface area contributed by atoms with Crippen molar-refractivity contribution >= 4 is 27.9 Å². The fraction of sp³-hybridized carbons (Fsp3) is 0.686. The number of benzene rings is 2. The number of aliphatic hydroxyl groups is 2. The van der Waals surface area contributed by atoms with E-state index in [9.17, 15) is 19.2 Å². The summed E-state index contributed by atoms with van der Waals surface area (Å²) in [6.07, 6.45) is 7.02. The zero-order chi connectivity index (χ0) is 29.8. The number of fused-ring (bicyclic) bond motifs is 6. The maximum absolute atomic E-state index is 12.9. The van der Waals surface area contributed by atoms with Crippen LogP contribution in [0.1, 0.15) is 79.1 Å². The summed E-state index contributed by atoms with van der Waals surface area (Å²) >= 11 is 0. The fourth-order valence-corrected chi connectivity index (χ4v) is 11.5. The molecule has 4 aliphatic carbocycles. The molecule has 0 bridgehead atoms. The van der Waals surface area contributed by atoms with Crippen molar-refractivity contribution in [1.29, 1.82) is 0 Å². The molecule has 0 aromatic heterocycles. The van der Waals surface area contributed by atoms with Crippen LogP contribution in [-0.2, 0) is 15.7 Å². The first-order valence-corrected chi connectivity index (χ1v) is 17.4. The summed E-state index contributed by atoms with van der Waals surface area (Å²) in [5.41, 5.74) is 0.293. The van der Waals surface area contributed by atoms with Gasteiger partial charge in [0.1, 0.15) is 0 Å². The molecular weight excluding hydrogens is 546 g/mol. The van der Waals surface area contributed by atoms with E-state index >= 15 is 0 Å². The molecule has 6 nitrogen and oxygen atoms in total. The predicted octanol–water partition coefficient (Wildman–Crippen LogP) is 6.85. The number of ether oxygens (including phenoxy) is 1. The van der Waals surface area contributed by atoms with E-state index in [0.717, 1.165) is 62.1 Å². The van der Waals surface area contributed by atoms with Crippen LogP contribution in [0.5, 0.6) is 0 Å². The Labute approximate surface area is 253 Å². The van der Waals surface area contributed by atoms with E-state index in [1.165, 1.54) is 0 Å². The number of carbonyl (C=O) groups is 1. The Kier molecular flexibility index (Phi) is 8.25. The standard InChI is InChI=1S/C35H49NO5S/c1-5-26-30-19-24(37)14-16-35(30,4)29-15-17-34(3)27(12-13-28(34)31(29)32(26)38)21(2)20-41-33(39)36-42(40)25-11-10-22-8-6-7-9-23(22)18-25/h6-11,18,21,24,26-32,37-38H,5,12-17,19-20H2,1-4H3,(H,36,39)/t21-,24-,26-,27-,28+,29+,30?,31?,32-,34?,35+,42?/m1/s1. The Balaban J connectivity index is 1.11. The minimum absolute atomic E-state index is 0.102. The first-order chi connectivity index (χ1) is 20.1. The highest BCUT2D eigenvalue weighted by Gasteiger charge is 2.64. The molecule has 4 aliphatic rings. The molecule has 2 aromatic carbocycles. The third-order valence-electron chi connectivity index (χ3n) is 12.7. The van der Waals surface area contributed by atoms with Crippen molar-refractivity contribution in [1.82, 2.24) is 4.72 Å². The molecule has 3 N–H and O–H groups in total. The summed E-state index contributed by atoms with van der Waals surface area (Å²) in [6, 6.07) is 13.4. The molecule has 4 unspecified atom stereocenters. The Morgan fingerprint density at radius 1 is 1.00 bits per heavy atom. The molecule has 0 heterocycles. The van der Waals surface area contributed by atoms with Crippen LogP contribution >= 0.6 is 0 Å². The minimum atomic E-state index is -1.69. The summed E-state index contributed by atoms with van der Waals surface area (Å²) in [5, 5.41) is 24.5. The smallest absolute Gasteiger partial charge is 0.419 e. The van der Waals surface area contributed by atoms with E-state index in [2.05, 4.69) is 32.4 Å². The van der Waals surface area contributed by atoms with E-state index < -0.39 is 17.1 Å². The van der Waals surface area contributed by atoms with Crippen molar-refractivity contribution in [2.75, 3.05) is 6.61 Å². The fourth-order valence-electron chi connectivity index (χ4n) is 10.7. The van der Waals surface area contributed by atoms with Crippen LogP contribution in [-0.4, -0.2) is 39.3 Å². The first-order valence-electron chi connectivity index (χ1n) is 16.3. The topological polar surface area (TPSA) is 95.9 Å². The largest absolute Gasteiger partial charge is 0.449 e. The quantitative estimate of drug-likeness (QED) is 0.339. The van der Waals surface area contributed by atoms with Crippen LogP contribution in [0.25, 0.3) is 10.8 Å². The number of rotatable bonds is 6. The molecular formula is C35H49NO5S. The zero-order valence-electron chi connectivity index (χ0n) is 25.6. The van der Waals surface area contributed by atoms with Gasteiger partial charge in [0.05, 0.1) is 23.7 Å². The van der Waals surface area contributed by atoms with Gasteiger partial charge in [-0.25, -0.2) is 13.7 Å². The van der Waals surface area contributed by atoms with Crippen molar-refractivity contribution in [3.63, 3.8) is 0 Å². The number of nitrogens with one attached hydrogen (secondary N) is 1. The van der Waals surface area contributed by atoms with Gasteiger partial charge in [0.2, 0.25) is 0 Å². The third kappa shape index (κ3) is 5.01. The van der Waals surface area contributed by atoms with Gasteiger partial charge in [-0.2, -0.15) is 0 Å². The first kappa shape index (κ1) is 30.1. The van der Waals surface area contributed by atoms with Crippen LogP contribution < -0.4 is 4.72 Å². The van der Waals surface area contributed by atoms with Gasteiger partial charge in [-0.1, -0.05) is 64.4 Å². The SMILES string of the molecule is CC[C@@H]1C2C[C@H](O)CC[C@@]2(C)[C@H]2CCC3(C)[C@@H]([C@H](C)COC(=O)NS(=O)c4ccc5ccccc5c4)CC[C@H]3C2[C@@H]1O. The van der Waals surface area contributed by atoms with E-state index in [0.29, 0.717) is 41.1 Å². The number of carbonyl (C=O) groups excluding carboxylic acids is 1. The molecule has 0 radical (unpaired) electrons. The van der Waals surface area contributed by atoms with Gasteiger partial charge in [-0.15, -0.1) is 0 Å². The molecule has 4 fully saturated rings. The van der Waals surface area contributed by atoms with Gasteiger partial charge in [0, 0.05) is 0 Å². The minimum Gasteiger partial charge on any atom is -0.449 e. The predicted molar refractivity (Wildman–Crippen MR) is 166 cm³/mol. The van der Waals surface area contributed by atoms with Crippen LogP contribution in [0, 0.1) is 52.3 Å². The van der Waals surface area contributed by atoms with Gasteiger partial charge >= 0.3 is 6.09 Å². The van der Waals surface area contributed by atoms with E-state index in [-0.39, 0.29) is 34.9 Å². The Hall–Kier alpha value is -1.96. The van der Waals surface area contributed by atoms with Crippen LogP contribution in [0.4, 0.5) is 4.79 Å². The second kappa shape index (κ2) is 11.5. The lowest BCUT2D eigenvalue weighted by molar-refractivity contribution is -0.203. The lowest BCUT2D eigenvalue weighted by Gasteiger charge is -2.64. The van der Waals surface area contributed by atoms with Crippen molar-refractivity contribution in [2.45, 2.75) is 96.2 Å². The van der Waals surface area contributed by atoms with Gasteiger partial charge in [0.15, 0.2) is 11.0 Å². The van der Waals surface area contributed by atoms with Gasteiger partial charge in [-0.05, 0) is 120 Å². The Morgan fingerprint density at radius 2 is 1.71 bits per heavy atom. The molecule has 230 valence electrons. The molecule has 0 aliphatic heterocycles.